The summed E-state index contributed by atoms with van der Waals surface area (Å²) >= 11 is 0. The van der Waals surface area contributed by atoms with Gasteiger partial charge in [0.25, 0.3) is 0 Å². The van der Waals surface area contributed by atoms with Crippen LogP contribution in [0.5, 0.6) is 0 Å². The highest BCUT2D eigenvalue weighted by molar-refractivity contribution is 5.37. The van der Waals surface area contributed by atoms with Gasteiger partial charge in [0.2, 0.25) is 0 Å². The Morgan fingerprint density at radius 2 is 1.94 bits per heavy atom. The maximum Gasteiger partial charge on any atom is 0.128 e. The minimum absolute atomic E-state index is 0.0269. The second-order valence-corrected chi connectivity index (χ2v) is 4.58. The molecule has 0 fully saturated rings. The Bertz CT molecular complexity index is 572. The van der Waals surface area contributed by atoms with Crippen molar-refractivity contribution < 1.29 is 8.78 Å². The van der Waals surface area contributed by atoms with Crippen LogP contribution in [0.1, 0.15) is 30.1 Å². The summed E-state index contributed by atoms with van der Waals surface area (Å²) in [6.07, 6.45) is 4.43. The summed E-state index contributed by atoms with van der Waals surface area (Å²) in [5.74, 6) is -1.20. The van der Waals surface area contributed by atoms with Gasteiger partial charge in [-0.2, -0.15) is 5.10 Å². The van der Waals surface area contributed by atoms with Crippen molar-refractivity contribution in [1.82, 2.24) is 9.78 Å². The van der Waals surface area contributed by atoms with Crippen LogP contribution in [0.3, 0.4) is 0 Å². The molecule has 1 atom stereocenters. The van der Waals surface area contributed by atoms with E-state index in [0.717, 1.165) is 36.6 Å². The maximum absolute atomic E-state index is 13.2. The van der Waals surface area contributed by atoms with Gasteiger partial charge in [0.15, 0.2) is 0 Å². The van der Waals surface area contributed by atoms with Crippen molar-refractivity contribution >= 4 is 0 Å². The molecule has 1 heterocycles. The first-order valence-corrected chi connectivity index (χ1v) is 5.94. The van der Waals surface area contributed by atoms with Gasteiger partial charge in [-0.1, -0.05) is 0 Å². The van der Waals surface area contributed by atoms with Crippen molar-refractivity contribution in [2.24, 2.45) is 5.73 Å². The van der Waals surface area contributed by atoms with Gasteiger partial charge in [0.05, 0.1) is 11.9 Å². The lowest BCUT2D eigenvalue weighted by molar-refractivity contribution is 0.554. The third-order valence-corrected chi connectivity index (χ3v) is 3.32. The fourth-order valence-electron chi connectivity index (χ4n) is 2.48. The third-order valence-electron chi connectivity index (χ3n) is 3.32. The Morgan fingerprint density at radius 3 is 2.67 bits per heavy atom. The number of nitrogens with two attached hydrogens (primary N) is 1. The molecule has 2 aromatic rings. The first-order chi connectivity index (χ1) is 8.65. The highest BCUT2D eigenvalue weighted by Gasteiger charge is 2.22. The fourth-order valence-corrected chi connectivity index (χ4v) is 2.48. The van der Waals surface area contributed by atoms with Crippen molar-refractivity contribution in [3.8, 4) is 5.69 Å². The third kappa shape index (κ3) is 1.80. The van der Waals surface area contributed by atoms with E-state index in [1.165, 1.54) is 12.1 Å². The summed E-state index contributed by atoms with van der Waals surface area (Å²) < 4.78 is 28.0. The predicted octanol–water partition coefficient (Wildman–Crippen LogP) is 2.49. The molecule has 3 rings (SSSR count). The van der Waals surface area contributed by atoms with E-state index in [2.05, 4.69) is 5.10 Å². The molecule has 1 aromatic carbocycles. The molecular formula is C13H13F2N3. The molecule has 94 valence electrons. The highest BCUT2D eigenvalue weighted by atomic mass is 19.1. The summed E-state index contributed by atoms with van der Waals surface area (Å²) in [4.78, 5) is 0. The molecule has 0 saturated heterocycles. The van der Waals surface area contributed by atoms with Crippen LogP contribution in [0.4, 0.5) is 8.78 Å². The minimum Gasteiger partial charge on any atom is -0.324 e. The number of fused-ring (bicyclic) bond motifs is 1. The SMILES string of the molecule is N[C@@H]1CCCc2c1cnn2-c1cc(F)cc(F)c1. The van der Waals surface area contributed by atoms with Crippen LogP contribution < -0.4 is 5.73 Å². The first kappa shape index (κ1) is 11.3. The molecule has 3 nitrogen and oxygen atoms in total. The quantitative estimate of drug-likeness (QED) is 0.843. The summed E-state index contributed by atoms with van der Waals surface area (Å²) in [6.45, 7) is 0. The molecule has 0 spiro atoms. The van der Waals surface area contributed by atoms with Crippen molar-refractivity contribution in [1.29, 1.82) is 0 Å². The van der Waals surface area contributed by atoms with Gasteiger partial charge in [-0.25, -0.2) is 13.5 Å². The summed E-state index contributed by atoms with van der Waals surface area (Å²) in [7, 11) is 0. The molecular weight excluding hydrogens is 236 g/mol. The molecule has 0 saturated carbocycles. The van der Waals surface area contributed by atoms with Gasteiger partial charge in [0.1, 0.15) is 11.6 Å². The van der Waals surface area contributed by atoms with Crippen LogP contribution in [0, 0.1) is 11.6 Å². The molecule has 5 heteroatoms. The molecule has 2 N–H and O–H groups in total. The average molecular weight is 249 g/mol. The summed E-state index contributed by atoms with van der Waals surface area (Å²) in [5.41, 5.74) is 8.34. The van der Waals surface area contributed by atoms with E-state index < -0.39 is 11.6 Å². The lowest BCUT2D eigenvalue weighted by Gasteiger charge is -2.19. The fraction of sp³-hybridized carbons (Fsp3) is 0.308. The molecule has 0 radical (unpaired) electrons. The van der Waals surface area contributed by atoms with Crippen LogP contribution in [0.2, 0.25) is 0 Å². The van der Waals surface area contributed by atoms with Gasteiger partial charge in [-0.05, 0) is 31.4 Å². The molecule has 1 aliphatic rings. The lowest BCUT2D eigenvalue weighted by Crippen LogP contribution is -2.18. The van der Waals surface area contributed by atoms with Crippen LogP contribution >= 0.6 is 0 Å². The predicted molar refractivity (Wildman–Crippen MR) is 63.3 cm³/mol. The largest absolute Gasteiger partial charge is 0.324 e. The smallest absolute Gasteiger partial charge is 0.128 e. The topological polar surface area (TPSA) is 43.8 Å². The Labute approximate surface area is 103 Å². The Balaban J connectivity index is 2.12. The average Bonchev–Trinajstić information content (AvgIpc) is 2.73. The van der Waals surface area contributed by atoms with E-state index in [9.17, 15) is 8.78 Å². The number of halogens is 2. The van der Waals surface area contributed by atoms with Gasteiger partial charge in [-0.15, -0.1) is 0 Å². The zero-order valence-electron chi connectivity index (χ0n) is 9.74. The minimum atomic E-state index is -0.602. The Morgan fingerprint density at radius 1 is 1.22 bits per heavy atom. The molecule has 0 amide bonds. The molecule has 0 bridgehead atoms. The van der Waals surface area contributed by atoms with Gasteiger partial charge < -0.3 is 5.73 Å². The maximum atomic E-state index is 13.2. The standard InChI is InChI=1S/C13H13F2N3/c14-8-4-9(15)6-10(5-8)18-13-3-1-2-12(16)11(13)7-17-18/h4-7,12H,1-3,16H2/t12-/m1/s1. The second kappa shape index (κ2) is 4.17. The molecule has 0 aliphatic heterocycles. The van der Waals surface area contributed by atoms with Gasteiger partial charge in [-0.3, -0.25) is 0 Å². The number of benzene rings is 1. The number of nitrogens with zero attached hydrogens (tertiary/aromatic N) is 2. The highest BCUT2D eigenvalue weighted by Crippen LogP contribution is 2.29. The zero-order chi connectivity index (χ0) is 12.7. The van der Waals surface area contributed by atoms with Crippen LogP contribution in [-0.4, -0.2) is 9.78 Å². The van der Waals surface area contributed by atoms with E-state index in [0.29, 0.717) is 5.69 Å². The van der Waals surface area contributed by atoms with E-state index >= 15 is 0 Å². The van der Waals surface area contributed by atoms with Gasteiger partial charge >= 0.3 is 0 Å². The Kier molecular flexibility index (Phi) is 2.63. The van der Waals surface area contributed by atoms with Crippen LogP contribution in [-0.2, 0) is 6.42 Å². The molecule has 1 aliphatic carbocycles. The second-order valence-electron chi connectivity index (χ2n) is 4.58. The monoisotopic (exact) mass is 249 g/mol. The van der Waals surface area contributed by atoms with Crippen molar-refractivity contribution in [2.75, 3.05) is 0 Å². The normalized spacial score (nSPS) is 18.7. The van der Waals surface area contributed by atoms with E-state index in [4.69, 9.17) is 5.73 Å². The molecule has 1 aromatic heterocycles. The van der Waals surface area contributed by atoms with Crippen molar-refractivity contribution in [2.45, 2.75) is 25.3 Å². The number of hydrogen-bond donors (Lipinski definition) is 1. The number of hydrogen-bond acceptors (Lipinski definition) is 2. The van der Waals surface area contributed by atoms with E-state index in [-0.39, 0.29) is 6.04 Å². The number of rotatable bonds is 1. The van der Waals surface area contributed by atoms with Crippen LogP contribution in [0.25, 0.3) is 5.69 Å². The molecule has 18 heavy (non-hydrogen) atoms. The first-order valence-electron chi connectivity index (χ1n) is 5.94. The van der Waals surface area contributed by atoms with Crippen LogP contribution in [0.15, 0.2) is 24.4 Å². The van der Waals surface area contributed by atoms with Crippen molar-refractivity contribution in [3.63, 3.8) is 0 Å². The zero-order valence-corrected chi connectivity index (χ0v) is 9.74. The summed E-state index contributed by atoms with van der Waals surface area (Å²) in [6, 6.07) is 3.37. The van der Waals surface area contributed by atoms with Crippen molar-refractivity contribution in [3.05, 3.63) is 47.3 Å². The van der Waals surface area contributed by atoms with Gasteiger partial charge in [0, 0.05) is 23.4 Å². The van der Waals surface area contributed by atoms with E-state index in [1.54, 1.807) is 10.9 Å². The lowest BCUT2D eigenvalue weighted by atomic mass is 9.94. The Hall–Kier alpha value is -1.75. The van der Waals surface area contributed by atoms with E-state index in [1.807, 2.05) is 0 Å². The number of aromatic nitrogens is 2. The summed E-state index contributed by atoms with van der Waals surface area (Å²) in [5, 5.41) is 4.20. The molecule has 0 unspecified atom stereocenters.